The summed E-state index contributed by atoms with van der Waals surface area (Å²) in [6.07, 6.45) is 2.09. The van der Waals surface area contributed by atoms with E-state index in [0.29, 0.717) is 42.6 Å². The van der Waals surface area contributed by atoms with E-state index in [0.717, 1.165) is 18.6 Å². The minimum atomic E-state index is -0.564. The van der Waals surface area contributed by atoms with Crippen LogP contribution in [-0.2, 0) is 15.6 Å². The largest absolute Gasteiger partial charge is 0.506 e. The topological polar surface area (TPSA) is 96.9 Å². The molecule has 0 aliphatic rings. The van der Waals surface area contributed by atoms with E-state index in [1.54, 1.807) is 30.3 Å². The fraction of sp³-hybridized carbons (Fsp3) is 0.486. The van der Waals surface area contributed by atoms with Gasteiger partial charge in [-0.15, -0.1) is 0 Å². The van der Waals surface area contributed by atoms with Crippen LogP contribution in [0.4, 0.5) is 10.5 Å². The number of carbonyl (C=O) groups is 2. The normalized spacial score (nSPS) is 11.9. The molecular formula is C35H48N2O5. The molecule has 0 bridgehead atoms. The van der Waals surface area contributed by atoms with E-state index in [1.165, 1.54) is 11.1 Å². The SMILES string of the molecule is CCC(C)(C)c1ccc(OCCCNC(=O)c2ccc3c(NC(=O)OCC(C)C)cccc3c2O)c(C(C)(C)CC)c1. The second kappa shape index (κ2) is 14.0. The minimum absolute atomic E-state index is 0.0270. The van der Waals surface area contributed by atoms with E-state index >= 15 is 0 Å². The smallest absolute Gasteiger partial charge is 0.411 e. The Morgan fingerprint density at radius 1 is 0.929 bits per heavy atom. The quantitative estimate of drug-likeness (QED) is 0.178. The first kappa shape index (κ1) is 32.8. The van der Waals surface area contributed by atoms with Gasteiger partial charge in [0, 0.05) is 22.9 Å². The summed E-state index contributed by atoms with van der Waals surface area (Å²) in [5.74, 6) is 0.592. The molecule has 0 atom stereocenters. The van der Waals surface area contributed by atoms with E-state index in [2.05, 4.69) is 70.4 Å². The summed E-state index contributed by atoms with van der Waals surface area (Å²) in [7, 11) is 0. The summed E-state index contributed by atoms with van der Waals surface area (Å²) >= 11 is 0. The van der Waals surface area contributed by atoms with E-state index in [4.69, 9.17) is 9.47 Å². The van der Waals surface area contributed by atoms with Crippen LogP contribution in [0.2, 0.25) is 0 Å². The lowest BCUT2D eigenvalue weighted by Crippen LogP contribution is -2.26. The van der Waals surface area contributed by atoms with Crippen molar-refractivity contribution in [3.05, 3.63) is 65.2 Å². The van der Waals surface area contributed by atoms with Crippen LogP contribution in [0.15, 0.2) is 48.5 Å². The molecule has 0 aromatic heterocycles. The van der Waals surface area contributed by atoms with Gasteiger partial charge in [0.2, 0.25) is 0 Å². The molecular weight excluding hydrogens is 528 g/mol. The van der Waals surface area contributed by atoms with Gasteiger partial charge in [-0.3, -0.25) is 10.1 Å². The highest BCUT2D eigenvalue weighted by atomic mass is 16.5. The predicted molar refractivity (Wildman–Crippen MR) is 171 cm³/mol. The lowest BCUT2D eigenvalue weighted by molar-refractivity contribution is 0.0949. The number of amides is 2. The maximum absolute atomic E-state index is 12.9. The second-order valence-electron chi connectivity index (χ2n) is 12.6. The number of phenolic OH excluding ortho intramolecular Hbond substituents is 1. The lowest BCUT2D eigenvalue weighted by Gasteiger charge is -2.30. The van der Waals surface area contributed by atoms with Gasteiger partial charge in [0.25, 0.3) is 5.91 Å². The number of aromatic hydroxyl groups is 1. The van der Waals surface area contributed by atoms with Crippen molar-refractivity contribution in [3.8, 4) is 11.5 Å². The maximum atomic E-state index is 12.9. The Bertz CT molecular complexity index is 1390. The van der Waals surface area contributed by atoms with E-state index in [9.17, 15) is 14.7 Å². The first-order valence-corrected chi connectivity index (χ1v) is 15.0. The van der Waals surface area contributed by atoms with Crippen LogP contribution in [0.25, 0.3) is 10.8 Å². The van der Waals surface area contributed by atoms with Crippen LogP contribution in [0.5, 0.6) is 11.5 Å². The van der Waals surface area contributed by atoms with E-state index in [-0.39, 0.29) is 34.0 Å². The third-order valence-electron chi connectivity index (χ3n) is 8.18. The zero-order valence-corrected chi connectivity index (χ0v) is 26.5. The van der Waals surface area contributed by atoms with Crippen molar-refractivity contribution in [2.24, 2.45) is 5.92 Å². The van der Waals surface area contributed by atoms with Gasteiger partial charge < -0.3 is 19.9 Å². The monoisotopic (exact) mass is 576 g/mol. The fourth-order valence-electron chi connectivity index (χ4n) is 4.57. The number of fused-ring (bicyclic) bond motifs is 1. The minimum Gasteiger partial charge on any atom is -0.506 e. The van der Waals surface area contributed by atoms with Gasteiger partial charge in [-0.1, -0.05) is 85.7 Å². The number of phenols is 1. The van der Waals surface area contributed by atoms with Crippen molar-refractivity contribution in [3.63, 3.8) is 0 Å². The van der Waals surface area contributed by atoms with Crippen molar-refractivity contribution in [2.45, 2.75) is 85.5 Å². The molecule has 3 aromatic carbocycles. The average molecular weight is 577 g/mol. The number of hydrogen-bond donors (Lipinski definition) is 3. The third-order valence-corrected chi connectivity index (χ3v) is 8.18. The summed E-state index contributed by atoms with van der Waals surface area (Å²) in [5, 5.41) is 17.6. The summed E-state index contributed by atoms with van der Waals surface area (Å²) in [4.78, 5) is 25.1. The van der Waals surface area contributed by atoms with Crippen LogP contribution >= 0.6 is 0 Å². The van der Waals surface area contributed by atoms with Crippen LogP contribution in [-0.4, -0.2) is 36.9 Å². The number of anilines is 1. The van der Waals surface area contributed by atoms with Crippen molar-refractivity contribution >= 4 is 28.5 Å². The number of nitrogens with one attached hydrogen (secondary N) is 2. The summed E-state index contributed by atoms with van der Waals surface area (Å²) in [6.45, 7) is 18.5. The molecule has 3 N–H and O–H groups in total. The Morgan fingerprint density at radius 3 is 2.31 bits per heavy atom. The Kier molecular flexibility index (Phi) is 10.9. The molecule has 0 fully saturated rings. The molecule has 0 unspecified atom stereocenters. The highest BCUT2D eigenvalue weighted by Gasteiger charge is 2.26. The Morgan fingerprint density at radius 2 is 1.64 bits per heavy atom. The molecule has 0 aliphatic heterocycles. The first-order valence-electron chi connectivity index (χ1n) is 15.0. The van der Waals surface area contributed by atoms with Gasteiger partial charge >= 0.3 is 6.09 Å². The Hall–Kier alpha value is -3.74. The van der Waals surface area contributed by atoms with Crippen LogP contribution < -0.4 is 15.4 Å². The Labute approximate surface area is 251 Å². The molecule has 7 heteroatoms. The highest BCUT2D eigenvalue weighted by molar-refractivity contribution is 6.08. The molecule has 0 spiro atoms. The number of benzene rings is 3. The standard InChI is InChI=1S/C35H48N2O5/c1-9-34(5,6)24-15-18-30(28(21-24)35(7,8)10-2)41-20-12-19-36-32(39)27-17-16-25-26(31(27)38)13-11-14-29(25)37-33(40)42-22-23(3)4/h11,13-18,21,23,38H,9-10,12,19-20,22H2,1-8H3,(H,36,39)(H,37,40). The zero-order chi connectivity index (χ0) is 31.1. The molecule has 0 saturated carbocycles. The molecule has 3 aromatic rings. The summed E-state index contributed by atoms with van der Waals surface area (Å²) < 4.78 is 11.4. The van der Waals surface area contributed by atoms with Gasteiger partial charge in [0.05, 0.1) is 24.5 Å². The molecule has 0 heterocycles. The molecule has 2 amide bonds. The number of rotatable bonds is 13. The van der Waals surface area contributed by atoms with Crippen LogP contribution in [0, 0.1) is 5.92 Å². The van der Waals surface area contributed by atoms with Crippen LogP contribution in [0.1, 0.15) is 96.1 Å². The highest BCUT2D eigenvalue weighted by Crippen LogP contribution is 2.38. The second-order valence-corrected chi connectivity index (χ2v) is 12.6. The van der Waals surface area contributed by atoms with Gasteiger partial charge in [-0.25, -0.2) is 4.79 Å². The molecule has 228 valence electrons. The van der Waals surface area contributed by atoms with Gasteiger partial charge in [0.1, 0.15) is 11.5 Å². The van der Waals surface area contributed by atoms with Crippen molar-refractivity contribution in [1.82, 2.24) is 5.32 Å². The van der Waals surface area contributed by atoms with Gasteiger partial charge in [-0.05, 0) is 59.8 Å². The first-order chi connectivity index (χ1) is 19.8. The molecule has 3 rings (SSSR count). The van der Waals surface area contributed by atoms with E-state index in [1.807, 2.05) is 13.8 Å². The van der Waals surface area contributed by atoms with Crippen molar-refractivity contribution in [1.29, 1.82) is 0 Å². The molecule has 0 aliphatic carbocycles. The molecule has 0 radical (unpaired) electrons. The number of carbonyl (C=O) groups excluding carboxylic acids is 2. The average Bonchev–Trinajstić information content (AvgIpc) is 2.96. The molecule has 7 nitrogen and oxygen atoms in total. The zero-order valence-electron chi connectivity index (χ0n) is 26.5. The maximum Gasteiger partial charge on any atom is 0.411 e. The summed E-state index contributed by atoms with van der Waals surface area (Å²) in [5.41, 5.74) is 3.25. The lowest BCUT2D eigenvalue weighted by atomic mass is 9.76. The van der Waals surface area contributed by atoms with Gasteiger partial charge in [-0.2, -0.15) is 0 Å². The number of hydrogen-bond acceptors (Lipinski definition) is 5. The predicted octanol–water partition coefficient (Wildman–Crippen LogP) is 8.32. The number of ether oxygens (including phenoxy) is 2. The van der Waals surface area contributed by atoms with Crippen molar-refractivity contribution < 1.29 is 24.2 Å². The van der Waals surface area contributed by atoms with Crippen LogP contribution in [0.3, 0.4) is 0 Å². The van der Waals surface area contributed by atoms with E-state index < -0.39 is 6.09 Å². The Balaban J connectivity index is 1.63. The van der Waals surface area contributed by atoms with Gasteiger partial charge in [0.15, 0.2) is 0 Å². The third kappa shape index (κ3) is 7.96. The molecule has 0 saturated heterocycles. The van der Waals surface area contributed by atoms with Crippen molar-refractivity contribution in [2.75, 3.05) is 25.1 Å². The fourth-order valence-corrected chi connectivity index (χ4v) is 4.57. The molecule has 42 heavy (non-hydrogen) atoms. The summed E-state index contributed by atoms with van der Waals surface area (Å²) in [6, 6.07) is 15.0.